The Morgan fingerprint density at radius 2 is 1.76 bits per heavy atom. The van der Waals surface area contributed by atoms with E-state index in [1.165, 1.54) is 16.0 Å². The number of hydrogen-bond acceptors (Lipinski definition) is 5. The van der Waals surface area contributed by atoms with Crippen LogP contribution in [0.1, 0.15) is 23.6 Å². The van der Waals surface area contributed by atoms with Crippen molar-refractivity contribution in [2.75, 3.05) is 39.3 Å². The number of rotatable bonds is 4. The highest BCUT2D eigenvalue weighted by atomic mass is 35.5. The molecule has 0 radical (unpaired) electrons. The van der Waals surface area contributed by atoms with Crippen LogP contribution < -0.4 is 0 Å². The third-order valence-electron chi connectivity index (χ3n) is 5.49. The minimum atomic E-state index is 0. The smallest absolute Gasteiger partial charge is 0.116 e. The van der Waals surface area contributed by atoms with Gasteiger partial charge in [-0.2, -0.15) is 0 Å². The van der Waals surface area contributed by atoms with Gasteiger partial charge < -0.3 is 15.1 Å². The molecule has 1 fully saturated rings. The molecular formula is C21H27Cl3N2O2S. The molecule has 1 atom stereocenters. The van der Waals surface area contributed by atoms with E-state index in [9.17, 15) is 5.11 Å². The van der Waals surface area contributed by atoms with Gasteiger partial charge in [0.1, 0.15) is 5.75 Å². The Kier molecular flexibility index (Phi) is 9.42. The fourth-order valence-corrected chi connectivity index (χ4v) is 5.36. The summed E-state index contributed by atoms with van der Waals surface area (Å²) in [6.07, 6.45) is 1.77. The van der Waals surface area contributed by atoms with Crippen molar-refractivity contribution in [2.45, 2.75) is 28.7 Å². The van der Waals surface area contributed by atoms with Crippen molar-refractivity contribution in [2.24, 2.45) is 0 Å². The standard InChI is InChI=1S/C21H25ClN2O2S.2ClH/c22-16-3-5-20-18(13-16)19(12-15-2-4-17(26)14-21(15)27-20)24-9-7-23(8-10-24)6-1-11-25;;/h2-5,13-14,19,25-26H,1,6-12H2;2*1H. The van der Waals surface area contributed by atoms with Gasteiger partial charge in [-0.15, -0.1) is 24.8 Å². The average molecular weight is 478 g/mol. The minimum Gasteiger partial charge on any atom is -0.508 e. The number of phenolic OH excluding ortho intramolecular Hbond substituents is 1. The van der Waals surface area contributed by atoms with E-state index in [1.807, 2.05) is 12.1 Å². The molecule has 8 heteroatoms. The zero-order valence-corrected chi connectivity index (χ0v) is 19.3. The molecule has 0 spiro atoms. The first kappa shape index (κ1) is 24.6. The Morgan fingerprint density at radius 3 is 2.48 bits per heavy atom. The number of phenols is 1. The van der Waals surface area contributed by atoms with Crippen molar-refractivity contribution in [1.82, 2.24) is 9.80 Å². The van der Waals surface area contributed by atoms with Gasteiger partial charge in [0.2, 0.25) is 0 Å². The molecule has 4 rings (SSSR count). The van der Waals surface area contributed by atoms with Crippen LogP contribution in [0.25, 0.3) is 0 Å². The Hall–Kier alpha value is -0.660. The molecule has 2 aliphatic heterocycles. The number of halogens is 3. The summed E-state index contributed by atoms with van der Waals surface area (Å²) in [6.45, 7) is 5.31. The Morgan fingerprint density at radius 1 is 1.00 bits per heavy atom. The van der Waals surface area contributed by atoms with Gasteiger partial charge in [0, 0.05) is 60.2 Å². The summed E-state index contributed by atoms with van der Waals surface area (Å²) in [7, 11) is 0. The summed E-state index contributed by atoms with van der Waals surface area (Å²) >= 11 is 8.07. The molecule has 1 saturated heterocycles. The first-order chi connectivity index (χ1) is 13.1. The van der Waals surface area contributed by atoms with Crippen LogP contribution in [0.5, 0.6) is 5.75 Å². The average Bonchev–Trinajstić information content (AvgIpc) is 2.83. The summed E-state index contributed by atoms with van der Waals surface area (Å²) in [5.41, 5.74) is 2.56. The number of fused-ring (bicyclic) bond motifs is 2. The van der Waals surface area contributed by atoms with Gasteiger partial charge in [-0.1, -0.05) is 29.4 Å². The number of hydrogen-bond donors (Lipinski definition) is 2. The van der Waals surface area contributed by atoms with E-state index in [0.717, 1.165) is 55.5 Å². The highest BCUT2D eigenvalue weighted by molar-refractivity contribution is 7.99. The molecule has 4 nitrogen and oxygen atoms in total. The van der Waals surface area contributed by atoms with Crippen LogP contribution in [0, 0.1) is 0 Å². The molecule has 2 aliphatic rings. The molecule has 29 heavy (non-hydrogen) atoms. The molecule has 2 aromatic rings. The first-order valence-electron chi connectivity index (χ1n) is 9.50. The van der Waals surface area contributed by atoms with Crippen molar-refractivity contribution in [3.8, 4) is 5.75 Å². The van der Waals surface area contributed by atoms with E-state index < -0.39 is 0 Å². The number of piperazine rings is 1. The Balaban J connectivity index is 0.00000150. The van der Waals surface area contributed by atoms with E-state index >= 15 is 0 Å². The maximum absolute atomic E-state index is 9.92. The van der Waals surface area contributed by atoms with E-state index in [1.54, 1.807) is 17.8 Å². The van der Waals surface area contributed by atoms with Crippen molar-refractivity contribution in [1.29, 1.82) is 0 Å². The maximum Gasteiger partial charge on any atom is 0.116 e. The molecular weight excluding hydrogens is 451 g/mol. The van der Waals surface area contributed by atoms with Gasteiger partial charge in [0.15, 0.2) is 0 Å². The second-order valence-electron chi connectivity index (χ2n) is 7.25. The van der Waals surface area contributed by atoms with Crippen LogP contribution >= 0.6 is 48.2 Å². The van der Waals surface area contributed by atoms with Crippen molar-refractivity contribution in [3.05, 3.63) is 52.5 Å². The van der Waals surface area contributed by atoms with Gasteiger partial charge in [-0.05, 0) is 54.3 Å². The Bertz CT molecular complexity index is 817. The maximum atomic E-state index is 9.92. The number of nitrogens with zero attached hydrogens (tertiary/aromatic N) is 2. The van der Waals surface area contributed by atoms with Crippen LogP contribution in [0.2, 0.25) is 5.02 Å². The second kappa shape index (κ2) is 11.1. The third kappa shape index (κ3) is 5.73. The minimum absolute atomic E-state index is 0. The molecule has 0 aromatic heterocycles. The molecule has 2 aromatic carbocycles. The van der Waals surface area contributed by atoms with Crippen LogP contribution in [0.15, 0.2) is 46.2 Å². The predicted octanol–water partition coefficient (Wildman–Crippen LogP) is 4.64. The third-order valence-corrected chi connectivity index (χ3v) is 6.92. The van der Waals surface area contributed by atoms with Gasteiger partial charge in [0.25, 0.3) is 0 Å². The summed E-state index contributed by atoms with van der Waals surface area (Å²) in [6, 6.07) is 12.2. The fraction of sp³-hybridized carbons (Fsp3) is 0.429. The van der Waals surface area contributed by atoms with E-state index in [2.05, 4.69) is 28.0 Å². The lowest BCUT2D eigenvalue weighted by Gasteiger charge is -2.39. The van der Waals surface area contributed by atoms with Crippen LogP contribution in [-0.2, 0) is 6.42 Å². The monoisotopic (exact) mass is 476 g/mol. The number of benzene rings is 2. The SMILES string of the molecule is Cl.Cl.OCCCN1CCN(C2Cc3ccc(O)cc3Sc3ccc(Cl)cc32)CC1. The molecule has 2 heterocycles. The van der Waals surface area contributed by atoms with Gasteiger partial charge in [-0.3, -0.25) is 4.90 Å². The highest BCUT2D eigenvalue weighted by Crippen LogP contribution is 2.44. The molecule has 0 amide bonds. The molecule has 0 bridgehead atoms. The molecule has 1 unspecified atom stereocenters. The van der Waals surface area contributed by atoms with Gasteiger partial charge >= 0.3 is 0 Å². The summed E-state index contributed by atoms with van der Waals surface area (Å²) in [5, 5.41) is 19.8. The summed E-state index contributed by atoms with van der Waals surface area (Å²) in [4.78, 5) is 7.34. The highest BCUT2D eigenvalue weighted by Gasteiger charge is 2.30. The van der Waals surface area contributed by atoms with Crippen LogP contribution in [-0.4, -0.2) is 59.3 Å². The summed E-state index contributed by atoms with van der Waals surface area (Å²) < 4.78 is 0. The Labute approximate surface area is 194 Å². The first-order valence-corrected chi connectivity index (χ1v) is 10.7. The quantitative estimate of drug-likeness (QED) is 0.672. The predicted molar refractivity (Wildman–Crippen MR) is 124 cm³/mol. The number of aliphatic hydroxyl groups is 1. The normalized spacial score (nSPS) is 19.3. The molecule has 2 N–H and O–H groups in total. The van der Waals surface area contributed by atoms with E-state index in [4.69, 9.17) is 16.7 Å². The van der Waals surface area contributed by atoms with Crippen molar-refractivity contribution >= 4 is 48.2 Å². The van der Waals surface area contributed by atoms with E-state index in [-0.39, 0.29) is 37.5 Å². The van der Waals surface area contributed by atoms with Crippen LogP contribution in [0.3, 0.4) is 0 Å². The topological polar surface area (TPSA) is 46.9 Å². The van der Waals surface area contributed by atoms with Crippen molar-refractivity contribution < 1.29 is 10.2 Å². The lowest BCUT2D eigenvalue weighted by molar-refractivity contribution is 0.0899. The van der Waals surface area contributed by atoms with E-state index in [0.29, 0.717) is 5.75 Å². The lowest BCUT2D eigenvalue weighted by Crippen LogP contribution is -2.48. The number of aliphatic hydroxyl groups excluding tert-OH is 1. The van der Waals surface area contributed by atoms with Gasteiger partial charge in [-0.25, -0.2) is 0 Å². The van der Waals surface area contributed by atoms with Gasteiger partial charge in [0.05, 0.1) is 0 Å². The summed E-state index contributed by atoms with van der Waals surface area (Å²) in [5.74, 6) is 0.313. The lowest BCUT2D eigenvalue weighted by atomic mass is 9.96. The zero-order chi connectivity index (χ0) is 18.8. The van der Waals surface area contributed by atoms with Crippen molar-refractivity contribution in [3.63, 3.8) is 0 Å². The fourth-order valence-electron chi connectivity index (χ4n) is 4.04. The van der Waals surface area contributed by atoms with Crippen LogP contribution in [0.4, 0.5) is 0 Å². The second-order valence-corrected chi connectivity index (χ2v) is 8.77. The molecule has 160 valence electrons. The number of aromatic hydroxyl groups is 1. The largest absolute Gasteiger partial charge is 0.508 e. The molecule has 0 aliphatic carbocycles. The molecule has 0 saturated carbocycles. The zero-order valence-electron chi connectivity index (χ0n) is 16.1.